The monoisotopic (exact) mass is 350 g/mol. The van der Waals surface area contributed by atoms with E-state index in [4.69, 9.17) is 10.5 Å². The van der Waals surface area contributed by atoms with E-state index in [1.54, 1.807) is 0 Å². The van der Waals surface area contributed by atoms with Gasteiger partial charge in [-0.1, -0.05) is 0 Å². The number of carbonyl (C=O) groups is 1. The molecule has 134 valence electrons. The SMILES string of the molecule is Nc1ncnc2c1ncn2[C@@H]1O[C@H](C(O)N(C=O)C2CC2)[C@@H](O)[C@H]1O. The number of aliphatic hydroxyl groups excluding tert-OH is 3. The summed E-state index contributed by atoms with van der Waals surface area (Å²) in [4.78, 5) is 24.4. The third-order valence-corrected chi connectivity index (χ3v) is 4.63. The van der Waals surface area contributed by atoms with Crippen molar-refractivity contribution >= 4 is 23.4 Å². The molecule has 11 nitrogen and oxygen atoms in total. The summed E-state index contributed by atoms with van der Waals surface area (Å²) in [6.45, 7) is 0. The van der Waals surface area contributed by atoms with Crippen LogP contribution in [0.1, 0.15) is 19.1 Å². The molecule has 2 aromatic heterocycles. The van der Waals surface area contributed by atoms with Crippen LogP contribution >= 0.6 is 0 Å². The molecule has 0 radical (unpaired) electrons. The highest BCUT2D eigenvalue weighted by Crippen LogP contribution is 2.36. The first-order valence-electron chi connectivity index (χ1n) is 7.88. The first-order valence-corrected chi connectivity index (χ1v) is 7.88. The van der Waals surface area contributed by atoms with Crippen molar-refractivity contribution in [3.05, 3.63) is 12.7 Å². The quantitative estimate of drug-likeness (QED) is 0.352. The number of anilines is 1. The van der Waals surface area contributed by atoms with Gasteiger partial charge in [-0.2, -0.15) is 0 Å². The number of aromatic nitrogens is 4. The maximum atomic E-state index is 11.2. The van der Waals surface area contributed by atoms with Crippen LogP contribution in [0.4, 0.5) is 5.82 Å². The zero-order chi connectivity index (χ0) is 17.7. The van der Waals surface area contributed by atoms with E-state index in [0.717, 1.165) is 12.8 Å². The van der Waals surface area contributed by atoms with E-state index < -0.39 is 30.8 Å². The molecule has 2 aromatic rings. The van der Waals surface area contributed by atoms with Gasteiger partial charge in [0, 0.05) is 6.04 Å². The fourth-order valence-electron chi connectivity index (χ4n) is 3.12. The van der Waals surface area contributed by atoms with Crippen LogP contribution in [-0.4, -0.2) is 76.7 Å². The van der Waals surface area contributed by atoms with Crippen LogP contribution in [-0.2, 0) is 9.53 Å². The number of ether oxygens (including phenoxy) is 1. The second-order valence-electron chi connectivity index (χ2n) is 6.25. The Kier molecular flexibility index (Phi) is 3.80. The summed E-state index contributed by atoms with van der Waals surface area (Å²) in [5, 5.41) is 31.1. The summed E-state index contributed by atoms with van der Waals surface area (Å²) in [5.41, 5.74) is 6.40. The molecule has 0 aromatic carbocycles. The van der Waals surface area contributed by atoms with Crippen molar-refractivity contribution < 1.29 is 24.9 Å². The largest absolute Gasteiger partial charge is 0.387 e. The molecule has 1 saturated heterocycles. The number of hydrogen-bond acceptors (Lipinski definition) is 9. The lowest BCUT2D eigenvalue weighted by molar-refractivity contribution is -0.155. The summed E-state index contributed by atoms with van der Waals surface area (Å²) in [7, 11) is 0. The Hall–Kier alpha value is -2.34. The van der Waals surface area contributed by atoms with Gasteiger partial charge in [0.05, 0.1) is 6.33 Å². The third kappa shape index (κ3) is 2.52. The molecule has 2 aliphatic rings. The van der Waals surface area contributed by atoms with Crippen molar-refractivity contribution in [1.29, 1.82) is 0 Å². The number of aliphatic hydroxyl groups is 3. The molecule has 0 bridgehead atoms. The van der Waals surface area contributed by atoms with Gasteiger partial charge in [0.25, 0.3) is 0 Å². The molecular formula is C14H18N6O5. The van der Waals surface area contributed by atoms with E-state index in [-0.39, 0.29) is 11.9 Å². The predicted octanol–water partition coefficient (Wildman–Crippen LogP) is -2.03. The molecule has 1 unspecified atom stereocenters. The van der Waals surface area contributed by atoms with Crippen LogP contribution in [0.2, 0.25) is 0 Å². The summed E-state index contributed by atoms with van der Waals surface area (Å²) in [5.74, 6) is 0.175. The van der Waals surface area contributed by atoms with E-state index in [2.05, 4.69) is 15.0 Å². The van der Waals surface area contributed by atoms with E-state index in [9.17, 15) is 20.1 Å². The van der Waals surface area contributed by atoms with Crippen molar-refractivity contribution in [2.75, 3.05) is 5.73 Å². The lowest BCUT2D eigenvalue weighted by atomic mass is 10.1. The number of fused-ring (bicyclic) bond motifs is 1. The van der Waals surface area contributed by atoms with Crippen molar-refractivity contribution in [3.8, 4) is 0 Å². The van der Waals surface area contributed by atoms with E-state index in [0.29, 0.717) is 17.6 Å². The highest BCUT2D eigenvalue weighted by Gasteiger charge is 2.50. The summed E-state index contributed by atoms with van der Waals surface area (Å²) in [6, 6.07) is -0.0684. The molecule has 5 N–H and O–H groups in total. The molecule has 5 atom stereocenters. The Morgan fingerprint density at radius 3 is 2.76 bits per heavy atom. The fourth-order valence-corrected chi connectivity index (χ4v) is 3.12. The Balaban J connectivity index is 1.63. The molecule has 3 heterocycles. The molecule has 4 rings (SSSR count). The maximum absolute atomic E-state index is 11.2. The van der Waals surface area contributed by atoms with Gasteiger partial charge >= 0.3 is 0 Å². The van der Waals surface area contributed by atoms with Crippen LogP contribution in [0.25, 0.3) is 11.2 Å². The van der Waals surface area contributed by atoms with Gasteiger partial charge in [-0.05, 0) is 12.8 Å². The number of imidazole rings is 1. The second-order valence-corrected chi connectivity index (χ2v) is 6.25. The van der Waals surface area contributed by atoms with Crippen LogP contribution in [0.5, 0.6) is 0 Å². The van der Waals surface area contributed by atoms with Gasteiger partial charge < -0.3 is 30.7 Å². The Bertz CT molecular complexity index is 795. The second kappa shape index (κ2) is 5.88. The number of nitrogens with two attached hydrogens (primary N) is 1. The van der Waals surface area contributed by atoms with Gasteiger partial charge in [-0.15, -0.1) is 0 Å². The average molecular weight is 350 g/mol. The molecular weight excluding hydrogens is 332 g/mol. The minimum Gasteiger partial charge on any atom is -0.387 e. The number of rotatable bonds is 5. The summed E-state index contributed by atoms with van der Waals surface area (Å²) in [6.07, 6.45) is -1.60. The highest BCUT2D eigenvalue weighted by molar-refractivity contribution is 5.81. The molecule has 1 aliphatic carbocycles. The first kappa shape index (κ1) is 16.1. The molecule has 1 aliphatic heterocycles. The topological polar surface area (TPSA) is 160 Å². The Morgan fingerprint density at radius 2 is 2.08 bits per heavy atom. The first-order chi connectivity index (χ1) is 12.0. The number of nitrogens with zero attached hydrogens (tertiary/aromatic N) is 5. The van der Waals surface area contributed by atoms with Gasteiger partial charge in [-0.3, -0.25) is 9.36 Å². The number of hydrogen-bond donors (Lipinski definition) is 4. The van der Waals surface area contributed by atoms with Gasteiger partial charge in [0.1, 0.15) is 30.2 Å². The molecule has 11 heteroatoms. The van der Waals surface area contributed by atoms with E-state index in [1.807, 2.05) is 0 Å². The van der Waals surface area contributed by atoms with Crippen molar-refractivity contribution in [2.45, 2.75) is 49.7 Å². The fraction of sp³-hybridized carbons (Fsp3) is 0.571. The highest BCUT2D eigenvalue weighted by atomic mass is 16.6. The molecule has 1 saturated carbocycles. The lowest BCUT2D eigenvalue weighted by Crippen LogP contribution is -2.49. The minimum absolute atomic E-state index is 0.0684. The standard InChI is InChI=1S/C14H18N6O5/c15-11-7-12(17-3-16-11)19(4-18-7)14-9(23)8(22)10(25-14)13(24)20(5-21)6-1-2-6/h3-6,8-10,13-14,22-24H,1-2H2,(H2,15,16,17)/t8-,9+,10-,13?,14+/m0/s1. The molecule has 1 amide bonds. The Morgan fingerprint density at radius 1 is 1.32 bits per heavy atom. The minimum atomic E-state index is -1.39. The number of carbonyl (C=O) groups excluding carboxylic acids is 1. The van der Waals surface area contributed by atoms with Crippen molar-refractivity contribution in [1.82, 2.24) is 24.4 Å². The molecule has 25 heavy (non-hydrogen) atoms. The van der Waals surface area contributed by atoms with E-state index in [1.165, 1.54) is 22.1 Å². The molecule has 2 fully saturated rings. The smallest absolute Gasteiger partial charge is 0.212 e. The lowest BCUT2D eigenvalue weighted by Gasteiger charge is -2.29. The van der Waals surface area contributed by atoms with Crippen LogP contribution in [0, 0.1) is 0 Å². The van der Waals surface area contributed by atoms with Crippen LogP contribution in [0.3, 0.4) is 0 Å². The number of amides is 1. The van der Waals surface area contributed by atoms with Gasteiger partial charge in [0.15, 0.2) is 23.9 Å². The summed E-state index contributed by atoms with van der Waals surface area (Å²) < 4.78 is 7.09. The van der Waals surface area contributed by atoms with Gasteiger partial charge in [0.2, 0.25) is 6.41 Å². The maximum Gasteiger partial charge on any atom is 0.212 e. The van der Waals surface area contributed by atoms with Crippen LogP contribution in [0.15, 0.2) is 12.7 Å². The average Bonchev–Trinajstić information content (AvgIpc) is 3.27. The van der Waals surface area contributed by atoms with E-state index >= 15 is 0 Å². The zero-order valence-corrected chi connectivity index (χ0v) is 13.1. The Labute approximate surface area is 141 Å². The number of nitrogen functional groups attached to an aromatic ring is 1. The zero-order valence-electron chi connectivity index (χ0n) is 13.1. The molecule has 0 spiro atoms. The van der Waals surface area contributed by atoms with Crippen molar-refractivity contribution in [2.24, 2.45) is 0 Å². The van der Waals surface area contributed by atoms with Gasteiger partial charge in [-0.25, -0.2) is 15.0 Å². The summed E-state index contributed by atoms with van der Waals surface area (Å²) >= 11 is 0. The third-order valence-electron chi connectivity index (χ3n) is 4.63. The van der Waals surface area contributed by atoms with Crippen molar-refractivity contribution in [3.63, 3.8) is 0 Å². The predicted molar refractivity (Wildman–Crippen MR) is 82.6 cm³/mol. The van der Waals surface area contributed by atoms with Crippen LogP contribution < -0.4 is 5.73 Å². The normalized spacial score (nSPS) is 30.5.